The number of aliphatic hydroxyl groups is 1. The minimum atomic E-state index is -0.419. The summed E-state index contributed by atoms with van der Waals surface area (Å²) in [6, 6.07) is 12.0. The summed E-state index contributed by atoms with van der Waals surface area (Å²) >= 11 is 1.65. The molecule has 3 N–H and O–H groups in total. The molecule has 0 amide bonds. The van der Waals surface area contributed by atoms with Crippen LogP contribution in [0, 0.1) is 6.92 Å². The fourth-order valence-electron chi connectivity index (χ4n) is 1.76. The molecule has 0 aliphatic heterocycles. The molecule has 0 fully saturated rings. The number of rotatable bonds is 5. The number of nitrogens with two attached hydrogens (primary N) is 1. The molecule has 1 unspecified atom stereocenters. The molecular formula is C15H18N2OS. The van der Waals surface area contributed by atoms with Crippen molar-refractivity contribution >= 4 is 17.6 Å². The van der Waals surface area contributed by atoms with Gasteiger partial charge in [0.15, 0.2) is 0 Å². The maximum absolute atomic E-state index is 10.0. The number of aromatic nitrogens is 1. The number of pyridine rings is 1. The standard InChI is InChI=1S/C15H18N2OS/c1-11-4-6-14(7-5-11)19-10-13(18)9-12-3-2-8-17-15(12)16/h2-8,13,18H,9-10H2,1H3,(H2,16,17). The Bertz CT molecular complexity index is 528. The fourth-order valence-corrected chi connectivity index (χ4v) is 2.59. The molecule has 100 valence electrons. The van der Waals surface area contributed by atoms with Gasteiger partial charge >= 0.3 is 0 Å². The van der Waals surface area contributed by atoms with Gasteiger partial charge in [-0.2, -0.15) is 0 Å². The van der Waals surface area contributed by atoms with Crippen LogP contribution >= 0.6 is 11.8 Å². The van der Waals surface area contributed by atoms with Gasteiger partial charge in [0.2, 0.25) is 0 Å². The molecule has 0 saturated heterocycles. The van der Waals surface area contributed by atoms with Crippen molar-refractivity contribution in [3.63, 3.8) is 0 Å². The van der Waals surface area contributed by atoms with Crippen LogP contribution in [0.4, 0.5) is 5.82 Å². The van der Waals surface area contributed by atoms with Crippen molar-refractivity contribution in [1.29, 1.82) is 0 Å². The van der Waals surface area contributed by atoms with Crippen LogP contribution in [0.2, 0.25) is 0 Å². The summed E-state index contributed by atoms with van der Waals surface area (Å²) in [5.74, 6) is 1.15. The highest BCUT2D eigenvalue weighted by molar-refractivity contribution is 7.99. The minimum Gasteiger partial charge on any atom is -0.392 e. The topological polar surface area (TPSA) is 59.1 Å². The number of nitrogen functional groups attached to an aromatic ring is 1. The SMILES string of the molecule is Cc1ccc(SCC(O)Cc2cccnc2N)cc1. The number of aryl methyl sites for hydroxylation is 1. The van der Waals surface area contributed by atoms with Crippen molar-refractivity contribution in [2.45, 2.75) is 24.3 Å². The van der Waals surface area contributed by atoms with E-state index in [4.69, 9.17) is 5.73 Å². The second-order valence-electron chi connectivity index (χ2n) is 4.53. The van der Waals surface area contributed by atoms with E-state index in [0.29, 0.717) is 18.0 Å². The van der Waals surface area contributed by atoms with Gasteiger partial charge in [-0.3, -0.25) is 0 Å². The second-order valence-corrected chi connectivity index (χ2v) is 5.62. The average Bonchev–Trinajstić information content (AvgIpc) is 2.41. The molecule has 4 heteroatoms. The lowest BCUT2D eigenvalue weighted by Gasteiger charge is -2.11. The van der Waals surface area contributed by atoms with Crippen LogP contribution in [-0.4, -0.2) is 21.9 Å². The van der Waals surface area contributed by atoms with Crippen molar-refractivity contribution in [3.8, 4) is 0 Å². The summed E-state index contributed by atoms with van der Waals surface area (Å²) < 4.78 is 0. The quantitative estimate of drug-likeness (QED) is 0.823. The first-order valence-electron chi connectivity index (χ1n) is 6.22. The highest BCUT2D eigenvalue weighted by atomic mass is 32.2. The van der Waals surface area contributed by atoms with Crippen LogP contribution in [0.5, 0.6) is 0 Å². The number of thioether (sulfide) groups is 1. The molecule has 0 aliphatic carbocycles. The number of hydrogen-bond acceptors (Lipinski definition) is 4. The van der Waals surface area contributed by atoms with Crippen LogP contribution in [0.3, 0.4) is 0 Å². The summed E-state index contributed by atoms with van der Waals surface area (Å²) in [7, 11) is 0. The van der Waals surface area contributed by atoms with Crippen molar-refractivity contribution in [2.75, 3.05) is 11.5 Å². The van der Waals surface area contributed by atoms with Gasteiger partial charge in [-0.1, -0.05) is 23.8 Å². The van der Waals surface area contributed by atoms with Gasteiger partial charge in [0.1, 0.15) is 5.82 Å². The van der Waals surface area contributed by atoms with Crippen LogP contribution in [0.1, 0.15) is 11.1 Å². The molecule has 0 saturated carbocycles. The van der Waals surface area contributed by atoms with Crippen LogP contribution in [-0.2, 0) is 6.42 Å². The zero-order valence-electron chi connectivity index (χ0n) is 10.9. The largest absolute Gasteiger partial charge is 0.392 e. The molecule has 19 heavy (non-hydrogen) atoms. The third kappa shape index (κ3) is 4.26. The first kappa shape index (κ1) is 13.9. The van der Waals surface area contributed by atoms with Crippen molar-refractivity contribution < 1.29 is 5.11 Å². The molecule has 0 radical (unpaired) electrons. The van der Waals surface area contributed by atoms with E-state index in [0.717, 1.165) is 5.56 Å². The molecule has 1 aromatic heterocycles. The molecule has 0 bridgehead atoms. The Kier molecular flexibility index (Phi) is 4.82. The summed E-state index contributed by atoms with van der Waals surface area (Å²) in [4.78, 5) is 5.19. The molecule has 0 spiro atoms. The van der Waals surface area contributed by atoms with Gasteiger partial charge in [-0.05, 0) is 30.7 Å². The number of aliphatic hydroxyl groups excluding tert-OH is 1. The lowest BCUT2D eigenvalue weighted by atomic mass is 10.1. The van der Waals surface area contributed by atoms with E-state index in [2.05, 4.69) is 36.2 Å². The lowest BCUT2D eigenvalue weighted by molar-refractivity contribution is 0.200. The lowest BCUT2D eigenvalue weighted by Crippen LogP contribution is -2.15. The Morgan fingerprint density at radius 2 is 2.00 bits per heavy atom. The Balaban J connectivity index is 1.86. The summed E-state index contributed by atoms with van der Waals surface area (Å²) in [5.41, 5.74) is 7.91. The fraction of sp³-hybridized carbons (Fsp3) is 0.267. The Labute approximate surface area is 117 Å². The third-order valence-corrected chi connectivity index (χ3v) is 4.00. The summed E-state index contributed by atoms with van der Waals surface area (Å²) in [6.07, 6.45) is 1.78. The molecule has 1 atom stereocenters. The van der Waals surface area contributed by atoms with Crippen LogP contribution in [0.15, 0.2) is 47.5 Å². The van der Waals surface area contributed by atoms with Gasteiger partial charge in [-0.15, -0.1) is 11.8 Å². The highest BCUT2D eigenvalue weighted by Gasteiger charge is 2.09. The van der Waals surface area contributed by atoms with E-state index >= 15 is 0 Å². The van der Waals surface area contributed by atoms with Crippen LogP contribution in [0.25, 0.3) is 0 Å². The molecule has 1 heterocycles. The van der Waals surface area contributed by atoms with Crippen molar-refractivity contribution in [2.24, 2.45) is 0 Å². The third-order valence-electron chi connectivity index (χ3n) is 2.85. The Morgan fingerprint density at radius 1 is 1.26 bits per heavy atom. The van der Waals surface area contributed by atoms with Gasteiger partial charge in [0, 0.05) is 23.3 Å². The average molecular weight is 274 g/mol. The van der Waals surface area contributed by atoms with E-state index in [1.807, 2.05) is 12.1 Å². The van der Waals surface area contributed by atoms with Gasteiger partial charge in [0.25, 0.3) is 0 Å². The maximum atomic E-state index is 10.0. The molecule has 3 nitrogen and oxygen atoms in total. The monoisotopic (exact) mass is 274 g/mol. The zero-order valence-corrected chi connectivity index (χ0v) is 11.7. The van der Waals surface area contributed by atoms with E-state index in [9.17, 15) is 5.11 Å². The molecule has 1 aromatic carbocycles. The smallest absolute Gasteiger partial charge is 0.126 e. The van der Waals surface area contributed by atoms with Crippen molar-refractivity contribution in [3.05, 3.63) is 53.7 Å². The zero-order chi connectivity index (χ0) is 13.7. The van der Waals surface area contributed by atoms with E-state index < -0.39 is 6.10 Å². The first-order chi connectivity index (χ1) is 9.15. The number of benzene rings is 1. The molecular weight excluding hydrogens is 256 g/mol. The maximum Gasteiger partial charge on any atom is 0.126 e. The molecule has 2 aromatic rings. The Hall–Kier alpha value is -1.52. The predicted octanol–water partition coefficient (Wildman–Crippen LogP) is 2.67. The van der Waals surface area contributed by atoms with Gasteiger partial charge in [0.05, 0.1) is 6.10 Å². The second kappa shape index (κ2) is 6.59. The van der Waals surface area contributed by atoms with Crippen molar-refractivity contribution in [1.82, 2.24) is 4.98 Å². The summed E-state index contributed by atoms with van der Waals surface area (Å²) in [5, 5.41) is 10.0. The number of nitrogens with zero attached hydrogens (tertiary/aromatic N) is 1. The highest BCUT2D eigenvalue weighted by Crippen LogP contribution is 2.21. The number of hydrogen-bond donors (Lipinski definition) is 2. The molecule has 2 rings (SSSR count). The van der Waals surface area contributed by atoms with E-state index in [-0.39, 0.29) is 0 Å². The van der Waals surface area contributed by atoms with E-state index in [1.54, 1.807) is 18.0 Å². The normalized spacial score (nSPS) is 12.3. The summed E-state index contributed by atoms with van der Waals surface area (Å²) in [6.45, 7) is 2.06. The van der Waals surface area contributed by atoms with Crippen LogP contribution < -0.4 is 5.73 Å². The first-order valence-corrected chi connectivity index (χ1v) is 7.20. The molecule has 0 aliphatic rings. The predicted molar refractivity (Wildman–Crippen MR) is 80.3 cm³/mol. The van der Waals surface area contributed by atoms with Gasteiger partial charge < -0.3 is 10.8 Å². The van der Waals surface area contributed by atoms with E-state index in [1.165, 1.54) is 10.5 Å². The Morgan fingerprint density at radius 3 is 2.68 bits per heavy atom. The minimum absolute atomic E-state index is 0.419. The number of anilines is 1. The van der Waals surface area contributed by atoms with Gasteiger partial charge in [-0.25, -0.2) is 4.98 Å².